The van der Waals surface area contributed by atoms with E-state index in [2.05, 4.69) is 10.2 Å². The fraction of sp³-hybridized carbons (Fsp3) is 1.00. The average molecular weight is 305 g/mol. The highest BCUT2D eigenvalue weighted by atomic mass is 28.4. The summed E-state index contributed by atoms with van der Waals surface area (Å²) >= 11 is 0. The first kappa shape index (κ1) is 18.1. The quantitative estimate of drug-likeness (QED) is 0.465. The maximum Gasteiger partial charge on any atom is 0.500 e. The number of nitrogens with one attached hydrogen (secondary N) is 1. The minimum Gasteiger partial charge on any atom is -0.374 e. The molecule has 5 nitrogen and oxygen atoms in total. The Balaban J connectivity index is 2.28. The van der Waals surface area contributed by atoms with Crippen molar-refractivity contribution in [3.8, 4) is 0 Å². The SMILES string of the molecule is CCO[Si](CCCCN1CCNCC1)(OCC)OCC. The van der Waals surface area contributed by atoms with Crippen molar-refractivity contribution in [1.82, 2.24) is 10.2 Å². The van der Waals surface area contributed by atoms with E-state index in [4.69, 9.17) is 13.3 Å². The van der Waals surface area contributed by atoms with Gasteiger partial charge in [0.2, 0.25) is 0 Å². The predicted molar refractivity (Wildman–Crippen MR) is 84.0 cm³/mol. The van der Waals surface area contributed by atoms with Gasteiger partial charge in [0, 0.05) is 52.0 Å². The summed E-state index contributed by atoms with van der Waals surface area (Å²) < 4.78 is 17.6. The van der Waals surface area contributed by atoms with Crippen LogP contribution in [0.1, 0.15) is 33.6 Å². The van der Waals surface area contributed by atoms with Gasteiger partial charge in [-0.2, -0.15) is 0 Å². The van der Waals surface area contributed by atoms with E-state index in [1.54, 1.807) is 0 Å². The van der Waals surface area contributed by atoms with Crippen LogP contribution in [0.3, 0.4) is 0 Å². The van der Waals surface area contributed by atoms with Crippen molar-refractivity contribution in [2.24, 2.45) is 0 Å². The van der Waals surface area contributed by atoms with Gasteiger partial charge in [-0.25, -0.2) is 0 Å². The number of unbranched alkanes of at least 4 members (excludes halogenated alkanes) is 1. The van der Waals surface area contributed by atoms with E-state index in [9.17, 15) is 0 Å². The van der Waals surface area contributed by atoms with E-state index < -0.39 is 8.80 Å². The fourth-order valence-electron chi connectivity index (χ4n) is 2.61. The first-order valence-corrected chi connectivity index (χ1v) is 10.0. The predicted octanol–water partition coefficient (Wildman–Crippen LogP) is 1.72. The summed E-state index contributed by atoms with van der Waals surface area (Å²) in [5.41, 5.74) is 0. The lowest BCUT2D eigenvalue weighted by atomic mass is 10.3. The summed E-state index contributed by atoms with van der Waals surface area (Å²) in [6, 6.07) is 0.939. The molecule has 0 unspecified atom stereocenters. The molecule has 1 rings (SSSR count). The fourth-order valence-corrected chi connectivity index (χ4v) is 5.30. The molecule has 0 aromatic carbocycles. The van der Waals surface area contributed by atoms with Crippen LogP contribution in [-0.2, 0) is 13.3 Å². The van der Waals surface area contributed by atoms with Gasteiger partial charge >= 0.3 is 8.80 Å². The smallest absolute Gasteiger partial charge is 0.374 e. The lowest BCUT2D eigenvalue weighted by Gasteiger charge is -2.29. The summed E-state index contributed by atoms with van der Waals surface area (Å²) in [6.45, 7) is 13.8. The number of nitrogens with zero attached hydrogens (tertiary/aromatic N) is 1. The molecule has 1 fully saturated rings. The Morgan fingerprint density at radius 2 is 1.45 bits per heavy atom. The highest BCUT2D eigenvalue weighted by Crippen LogP contribution is 2.19. The molecular formula is C14H32N2O3Si. The Morgan fingerprint density at radius 3 is 1.95 bits per heavy atom. The second-order valence-electron chi connectivity index (χ2n) is 5.03. The second kappa shape index (κ2) is 10.7. The Hall–Kier alpha value is 0.0169. The monoisotopic (exact) mass is 304 g/mol. The highest BCUT2D eigenvalue weighted by molar-refractivity contribution is 6.60. The third-order valence-corrected chi connectivity index (χ3v) is 6.66. The zero-order valence-electron chi connectivity index (χ0n) is 13.5. The van der Waals surface area contributed by atoms with Crippen LogP contribution >= 0.6 is 0 Å². The van der Waals surface area contributed by atoms with Gasteiger partial charge in [0.15, 0.2) is 0 Å². The molecule has 0 spiro atoms. The molecule has 1 aliphatic rings. The van der Waals surface area contributed by atoms with Crippen molar-refractivity contribution in [2.45, 2.75) is 39.7 Å². The third kappa shape index (κ3) is 6.65. The van der Waals surface area contributed by atoms with Crippen LogP contribution in [-0.4, -0.2) is 66.2 Å². The Morgan fingerprint density at radius 1 is 0.900 bits per heavy atom. The first-order valence-electron chi connectivity index (χ1n) is 8.11. The van der Waals surface area contributed by atoms with Crippen LogP contribution in [0.4, 0.5) is 0 Å². The van der Waals surface area contributed by atoms with E-state index in [0.29, 0.717) is 19.8 Å². The van der Waals surface area contributed by atoms with Gasteiger partial charge in [0.1, 0.15) is 0 Å². The zero-order valence-corrected chi connectivity index (χ0v) is 14.5. The van der Waals surface area contributed by atoms with Gasteiger partial charge in [-0.15, -0.1) is 0 Å². The van der Waals surface area contributed by atoms with Crippen molar-refractivity contribution in [1.29, 1.82) is 0 Å². The first-order chi connectivity index (χ1) is 9.76. The summed E-state index contributed by atoms with van der Waals surface area (Å²) in [7, 11) is -2.41. The maximum absolute atomic E-state index is 5.87. The van der Waals surface area contributed by atoms with E-state index in [-0.39, 0.29) is 0 Å². The Bertz CT molecular complexity index is 221. The van der Waals surface area contributed by atoms with Crippen molar-refractivity contribution in [3.05, 3.63) is 0 Å². The summed E-state index contributed by atoms with van der Waals surface area (Å²) in [4.78, 5) is 2.53. The van der Waals surface area contributed by atoms with Gasteiger partial charge in [0.05, 0.1) is 0 Å². The van der Waals surface area contributed by atoms with Crippen molar-refractivity contribution in [3.63, 3.8) is 0 Å². The van der Waals surface area contributed by atoms with Crippen LogP contribution in [0, 0.1) is 0 Å². The van der Waals surface area contributed by atoms with Gasteiger partial charge < -0.3 is 23.5 Å². The van der Waals surface area contributed by atoms with Gasteiger partial charge in [-0.3, -0.25) is 0 Å². The Kier molecular flexibility index (Phi) is 9.67. The minimum absolute atomic E-state index is 0.671. The maximum atomic E-state index is 5.87. The summed E-state index contributed by atoms with van der Waals surface area (Å²) in [5.74, 6) is 0. The molecular weight excluding hydrogens is 272 g/mol. The molecule has 0 saturated carbocycles. The summed E-state index contributed by atoms with van der Waals surface area (Å²) in [6.07, 6.45) is 2.32. The van der Waals surface area contributed by atoms with Crippen LogP contribution in [0.25, 0.3) is 0 Å². The van der Waals surface area contributed by atoms with E-state index >= 15 is 0 Å². The van der Waals surface area contributed by atoms with Crippen LogP contribution in [0.2, 0.25) is 6.04 Å². The molecule has 0 bridgehead atoms. The van der Waals surface area contributed by atoms with Gasteiger partial charge in [-0.1, -0.05) is 0 Å². The molecule has 1 aliphatic heterocycles. The summed E-state index contributed by atoms with van der Waals surface area (Å²) in [5, 5.41) is 3.38. The number of piperazine rings is 1. The lowest BCUT2D eigenvalue weighted by Crippen LogP contribution is -2.46. The van der Waals surface area contributed by atoms with Crippen LogP contribution < -0.4 is 5.32 Å². The molecule has 0 amide bonds. The minimum atomic E-state index is -2.41. The normalized spacial score (nSPS) is 17.6. The van der Waals surface area contributed by atoms with E-state index in [1.807, 2.05) is 20.8 Å². The number of hydrogen-bond donors (Lipinski definition) is 1. The molecule has 6 heteroatoms. The van der Waals surface area contributed by atoms with Crippen LogP contribution in [0.15, 0.2) is 0 Å². The molecule has 0 atom stereocenters. The molecule has 0 aliphatic carbocycles. The molecule has 1 N–H and O–H groups in total. The molecule has 1 saturated heterocycles. The molecule has 0 radical (unpaired) electrons. The lowest BCUT2D eigenvalue weighted by molar-refractivity contribution is 0.0704. The molecule has 120 valence electrons. The molecule has 1 heterocycles. The standard InChI is InChI=1S/C14H32N2O3Si/c1-4-17-20(18-5-2,19-6-3)14-8-7-11-16-12-9-15-10-13-16/h15H,4-14H2,1-3H3. The molecule has 20 heavy (non-hydrogen) atoms. The largest absolute Gasteiger partial charge is 0.500 e. The number of rotatable bonds is 11. The van der Waals surface area contributed by atoms with Gasteiger partial charge in [0.25, 0.3) is 0 Å². The van der Waals surface area contributed by atoms with Gasteiger partial charge in [-0.05, 0) is 40.2 Å². The zero-order chi connectivity index (χ0) is 14.7. The molecule has 0 aromatic rings. The van der Waals surface area contributed by atoms with Crippen molar-refractivity contribution >= 4 is 8.80 Å². The Labute approximate surface area is 125 Å². The average Bonchev–Trinajstić information content (AvgIpc) is 2.46. The topological polar surface area (TPSA) is 43.0 Å². The van der Waals surface area contributed by atoms with Crippen molar-refractivity contribution < 1.29 is 13.3 Å². The van der Waals surface area contributed by atoms with Crippen molar-refractivity contribution in [2.75, 3.05) is 52.5 Å². The van der Waals surface area contributed by atoms with E-state index in [1.165, 1.54) is 26.1 Å². The number of hydrogen-bond acceptors (Lipinski definition) is 5. The molecule has 0 aromatic heterocycles. The highest BCUT2D eigenvalue weighted by Gasteiger charge is 2.39. The van der Waals surface area contributed by atoms with E-state index in [0.717, 1.165) is 25.6 Å². The third-order valence-electron chi connectivity index (χ3n) is 3.51. The second-order valence-corrected chi connectivity index (χ2v) is 7.76. The van der Waals surface area contributed by atoms with Crippen LogP contribution in [0.5, 0.6) is 0 Å².